The summed E-state index contributed by atoms with van der Waals surface area (Å²) in [7, 11) is -8.78. The number of Topliss-reactive ketones (excluding diaryl/α,β-unsaturated/α-hetero) is 1. The molecule has 2 aromatic rings. The minimum Gasteiger partial charge on any atom is -0.467 e. The Hall–Kier alpha value is -4.65. The van der Waals surface area contributed by atoms with Crippen LogP contribution in [0.5, 0.6) is 0 Å². The number of alkyl carbamates (subject to hydrolysis) is 1. The molecule has 2 saturated heterocycles. The third-order valence-corrected chi connectivity index (χ3v) is 35.6. The SMILES string of the molecule is CC[Si](CC)(CC)O[C@H]1C(=O)[C@@]2(C)C([C@H](OC(=O)c3ccccc3)[C@]34OC(=O)O[C@H]3[C@H](OC(=O)[C@H](O[Si](C(C)C)(C(C)C)C(C)C)[C@@H](NC(=O)OC(C)(C)C)c3ccco3)C(C)=C1C4(C)C)[C@]1(OC(C)=O)CO[C@@H]1C[C@@H]2O[Si](CC)(CC)CC. The molecule has 0 radical (unpaired) electrons. The molecule has 7 rings (SSSR count). The number of carbonyl (C=O) groups excluding carboxylic acids is 6. The Balaban J connectivity index is 1.61. The van der Waals surface area contributed by atoms with Crippen molar-refractivity contribution >= 4 is 60.9 Å². The van der Waals surface area contributed by atoms with Crippen LogP contribution in [0, 0.1) is 16.7 Å². The molecule has 3 aliphatic carbocycles. The van der Waals surface area contributed by atoms with E-state index < -0.39 is 143 Å². The van der Waals surface area contributed by atoms with Gasteiger partial charge in [0.2, 0.25) is 13.9 Å². The van der Waals surface area contributed by atoms with E-state index in [2.05, 4.69) is 88.4 Å². The highest BCUT2D eigenvalue weighted by Crippen LogP contribution is 2.68. The van der Waals surface area contributed by atoms with Gasteiger partial charge in [0.25, 0.3) is 0 Å². The largest absolute Gasteiger partial charge is 0.509 e. The van der Waals surface area contributed by atoms with Crippen molar-refractivity contribution in [3.8, 4) is 0 Å². The summed E-state index contributed by atoms with van der Waals surface area (Å²) in [6.07, 6.45) is -10.4. The van der Waals surface area contributed by atoms with Crippen LogP contribution in [0.3, 0.4) is 0 Å². The standard InChI is InChI=1S/C63H97NO17Si3/c1-21-82(22-2,23-3)79-44-35-45-62(36-72-45,76-41(14)65)51-54(74-55(67)42-31-28-27-29-32-42)63-53(75-58(70)78-63)48(40(13)46(60(63,18)19)49(52(66)61(44,51)20)80-83(24-4,25-5)26-6)73-56(68)50(81-84(37(7)8,38(9)10)39(11)12)47(43-33-30-34-71-43)64-57(69)77-59(15,16)17/h27-34,37-39,44-45,47-51,53-54H,21-26,35-36H2,1-20H3,(H,64,69)/t44-,45+,47-,48+,49+,50+,51?,53-,54-,61+,62-,63+/m0/s1. The fourth-order valence-electron chi connectivity index (χ4n) is 15.6. The molecule has 12 atom stereocenters. The third-order valence-electron chi connectivity index (χ3n) is 20.3. The topological polar surface area (TPSA) is 220 Å². The van der Waals surface area contributed by atoms with Gasteiger partial charge in [-0.2, -0.15) is 0 Å². The lowest BCUT2D eigenvalue weighted by atomic mass is 9.44. The Bertz CT molecular complexity index is 2710. The van der Waals surface area contributed by atoms with E-state index in [1.807, 2.05) is 20.8 Å². The third kappa shape index (κ3) is 11.3. The van der Waals surface area contributed by atoms with E-state index in [4.69, 9.17) is 50.9 Å². The lowest BCUT2D eigenvalue weighted by molar-refractivity contribution is -0.344. The molecule has 3 heterocycles. The quantitative estimate of drug-likeness (QED) is 0.0473. The summed E-state index contributed by atoms with van der Waals surface area (Å²) in [6, 6.07) is 14.2. The molecule has 1 spiro atoms. The summed E-state index contributed by atoms with van der Waals surface area (Å²) in [6.45, 7) is 38.3. The zero-order chi connectivity index (χ0) is 62.5. The maximum absolute atomic E-state index is 17.5. The van der Waals surface area contributed by atoms with Gasteiger partial charge in [0.05, 0.1) is 35.9 Å². The molecule has 1 N–H and O–H groups in total. The molecule has 468 valence electrons. The number of rotatable bonds is 23. The van der Waals surface area contributed by atoms with Crippen molar-refractivity contribution < 1.29 is 79.6 Å². The van der Waals surface area contributed by atoms with Crippen molar-refractivity contribution in [2.24, 2.45) is 16.7 Å². The summed E-state index contributed by atoms with van der Waals surface area (Å²) in [4.78, 5) is 92.2. The molecule has 2 bridgehead atoms. The zero-order valence-electron chi connectivity index (χ0n) is 53.6. The first-order chi connectivity index (χ1) is 39.3. The summed E-state index contributed by atoms with van der Waals surface area (Å²) < 4.78 is 75.5. The van der Waals surface area contributed by atoms with Crippen LogP contribution in [0.1, 0.15) is 167 Å². The van der Waals surface area contributed by atoms with Crippen molar-refractivity contribution in [3.05, 3.63) is 71.2 Å². The molecule has 4 fully saturated rings. The highest BCUT2D eigenvalue weighted by atomic mass is 28.4. The van der Waals surface area contributed by atoms with Crippen LogP contribution in [0.4, 0.5) is 9.59 Å². The monoisotopic (exact) mass is 1220 g/mol. The molecule has 2 saturated carbocycles. The Kier molecular flexibility index (Phi) is 19.8. The maximum Gasteiger partial charge on any atom is 0.509 e. The second kappa shape index (κ2) is 24.8. The first kappa shape index (κ1) is 66.9. The van der Waals surface area contributed by atoms with Crippen LogP contribution >= 0.6 is 0 Å². The fraction of sp³-hybridized carbons (Fsp3) is 0.714. The number of amides is 1. The molecule has 21 heteroatoms. The molecule has 2 aliphatic heterocycles. The lowest BCUT2D eigenvalue weighted by Gasteiger charge is -2.68. The number of hydrogen-bond acceptors (Lipinski definition) is 17. The second-order valence-corrected chi connectivity index (χ2v) is 41.6. The van der Waals surface area contributed by atoms with Crippen molar-refractivity contribution in [1.29, 1.82) is 0 Å². The molecule has 1 amide bonds. The van der Waals surface area contributed by atoms with E-state index in [9.17, 15) is 14.4 Å². The van der Waals surface area contributed by atoms with Gasteiger partial charge in [-0.25, -0.2) is 19.2 Å². The van der Waals surface area contributed by atoms with Gasteiger partial charge in [0.1, 0.15) is 29.6 Å². The number of hydrogen-bond donors (Lipinski definition) is 1. The molecule has 1 aromatic heterocycles. The fourth-order valence-corrected chi connectivity index (χ4v) is 26.7. The number of carbonyl (C=O) groups is 6. The van der Waals surface area contributed by atoms with Gasteiger partial charge in [0.15, 0.2) is 52.4 Å². The second-order valence-electron chi connectivity index (χ2n) is 26.8. The Labute approximate surface area is 501 Å². The van der Waals surface area contributed by atoms with Gasteiger partial charge in [-0.1, -0.05) is 115 Å². The van der Waals surface area contributed by atoms with Gasteiger partial charge in [-0.15, -0.1) is 0 Å². The van der Waals surface area contributed by atoms with E-state index in [-0.39, 0.29) is 41.0 Å². The van der Waals surface area contributed by atoms with Gasteiger partial charge in [-0.05, 0) is 123 Å². The van der Waals surface area contributed by atoms with Crippen LogP contribution < -0.4 is 5.32 Å². The van der Waals surface area contributed by atoms with Crippen LogP contribution in [0.15, 0.2) is 64.3 Å². The smallest absolute Gasteiger partial charge is 0.467 e. The summed E-state index contributed by atoms with van der Waals surface area (Å²) >= 11 is 0. The molecule has 18 nitrogen and oxygen atoms in total. The highest BCUT2D eigenvalue weighted by Gasteiger charge is 2.83. The minimum atomic E-state index is -3.16. The number of nitrogens with one attached hydrogen (secondary N) is 1. The van der Waals surface area contributed by atoms with E-state index >= 15 is 14.4 Å². The normalized spacial score (nSPS) is 29.2. The zero-order valence-corrected chi connectivity index (χ0v) is 56.6. The number of ether oxygens (including phenoxy) is 7. The van der Waals surface area contributed by atoms with Gasteiger partial charge >= 0.3 is 30.2 Å². The number of benzene rings is 1. The van der Waals surface area contributed by atoms with Crippen molar-refractivity contribution in [2.45, 2.75) is 263 Å². The predicted molar refractivity (Wildman–Crippen MR) is 322 cm³/mol. The average molecular weight is 1220 g/mol. The molecule has 1 aromatic carbocycles. The number of furan rings is 1. The van der Waals surface area contributed by atoms with E-state index in [0.29, 0.717) is 47.4 Å². The highest BCUT2D eigenvalue weighted by molar-refractivity contribution is 6.78. The first-order valence-electron chi connectivity index (χ1n) is 30.7. The van der Waals surface area contributed by atoms with Crippen LogP contribution in [0.2, 0.25) is 52.9 Å². The molecular weight excluding hydrogens is 1130 g/mol. The van der Waals surface area contributed by atoms with Crippen LogP contribution in [-0.2, 0) is 60.8 Å². The molecule has 84 heavy (non-hydrogen) atoms. The Morgan fingerprint density at radius 2 is 1.36 bits per heavy atom. The lowest BCUT2D eigenvalue weighted by Crippen LogP contribution is -2.84. The summed E-state index contributed by atoms with van der Waals surface area (Å²) in [5, 5.41) is 2.91. The number of fused-ring (bicyclic) bond motifs is 4. The average Bonchev–Trinajstić information content (AvgIpc) is 1.05. The Morgan fingerprint density at radius 1 is 0.786 bits per heavy atom. The maximum atomic E-state index is 17.5. The van der Waals surface area contributed by atoms with Crippen LogP contribution in [-0.4, -0.2) is 127 Å². The van der Waals surface area contributed by atoms with Crippen molar-refractivity contribution in [1.82, 2.24) is 5.32 Å². The van der Waals surface area contributed by atoms with Crippen LogP contribution in [0.25, 0.3) is 0 Å². The van der Waals surface area contributed by atoms with Gasteiger partial charge < -0.3 is 56.2 Å². The Morgan fingerprint density at radius 3 is 1.85 bits per heavy atom. The molecule has 1 unspecified atom stereocenters. The number of esters is 3. The predicted octanol–water partition coefficient (Wildman–Crippen LogP) is 13.3. The summed E-state index contributed by atoms with van der Waals surface area (Å²) in [5.41, 5.74) is -7.73. The first-order valence-corrected chi connectivity index (χ1v) is 37.9. The van der Waals surface area contributed by atoms with E-state index in [0.717, 1.165) is 0 Å². The van der Waals surface area contributed by atoms with E-state index in [1.165, 1.54) is 13.2 Å². The van der Waals surface area contributed by atoms with E-state index in [1.54, 1.807) is 70.2 Å². The molecular formula is C63H97NO17Si3. The van der Waals surface area contributed by atoms with Crippen molar-refractivity contribution in [2.75, 3.05) is 6.61 Å². The number of ketones is 1. The van der Waals surface area contributed by atoms with Gasteiger partial charge in [-0.3, -0.25) is 9.59 Å². The minimum absolute atomic E-state index is 0.0876. The van der Waals surface area contributed by atoms with Gasteiger partial charge in [0, 0.05) is 18.8 Å². The molecule has 5 aliphatic rings. The van der Waals surface area contributed by atoms with Crippen molar-refractivity contribution in [3.63, 3.8) is 0 Å². The summed E-state index contributed by atoms with van der Waals surface area (Å²) in [5.74, 6) is -4.17.